The maximum atomic E-state index is 5.77. The van der Waals surface area contributed by atoms with Crippen LogP contribution in [0.1, 0.15) is 6.92 Å². The summed E-state index contributed by atoms with van der Waals surface area (Å²) in [5.74, 6) is 0.864. The van der Waals surface area contributed by atoms with Gasteiger partial charge in [0.15, 0.2) is 0 Å². The number of pyridine rings is 1. The normalized spacial score (nSPS) is 20.8. The van der Waals surface area contributed by atoms with E-state index in [0.29, 0.717) is 0 Å². The van der Waals surface area contributed by atoms with Crippen molar-refractivity contribution in [2.45, 2.75) is 13.0 Å². The van der Waals surface area contributed by atoms with Crippen LogP contribution in [0, 0.1) is 0 Å². The summed E-state index contributed by atoms with van der Waals surface area (Å²) in [6.45, 7) is 6.85. The first-order valence-corrected chi connectivity index (χ1v) is 6.77. The van der Waals surface area contributed by atoms with E-state index in [2.05, 4.69) is 22.1 Å². The number of furan rings is 1. The predicted octanol–water partition coefficient (Wildman–Crippen LogP) is 1.96. The van der Waals surface area contributed by atoms with Gasteiger partial charge in [0.1, 0.15) is 11.4 Å². The number of hydrogen-bond acceptors (Lipinski definition) is 5. The third kappa shape index (κ3) is 2.72. The van der Waals surface area contributed by atoms with Crippen LogP contribution in [-0.2, 0) is 4.74 Å². The molecule has 1 unspecified atom stereocenters. The molecule has 5 nitrogen and oxygen atoms in total. The van der Waals surface area contributed by atoms with Crippen molar-refractivity contribution in [1.82, 2.24) is 9.88 Å². The average Bonchev–Trinajstić information content (AvgIpc) is 2.94. The standard InChI is InChI=1S/C14H19N3O2/c1-2-17-6-8-18-11(10-17)9-16-14-12-4-7-19-13(12)3-5-15-14/h3-5,7,11H,2,6,8-10H2,1H3,(H,15,16). The van der Waals surface area contributed by atoms with Gasteiger partial charge in [-0.05, 0) is 18.7 Å². The highest BCUT2D eigenvalue weighted by molar-refractivity contribution is 5.87. The zero-order chi connectivity index (χ0) is 13.1. The van der Waals surface area contributed by atoms with Gasteiger partial charge in [-0.15, -0.1) is 0 Å². The molecule has 1 saturated heterocycles. The van der Waals surface area contributed by atoms with E-state index in [-0.39, 0.29) is 6.10 Å². The van der Waals surface area contributed by atoms with Crippen molar-refractivity contribution in [3.63, 3.8) is 0 Å². The maximum Gasteiger partial charge on any atom is 0.139 e. The molecule has 5 heteroatoms. The van der Waals surface area contributed by atoms with Crippen molar-refractivity contribution in [1.29, 1.82) is 0 Å². The SMILES string of the molecule is CCN1CCOC(CNc2nccc3occc23)C1. The molecule has 2 aromatic heterocycles. The first-order chi connectivity index (χ1) is 9.36. The summed E-state index contributed by atoms with van der Waals surface area (Å²) < 4.78 is 11.1. The van der Waals surface area contributed by atoms with E-state index in [1.165, 1.54) is 0 Å². The van der Waals surface area contributed by atoms with E-state index in [0.717, 1.165) is 49.6 Å². The Kier molecular flexibility index (Phi) is 3.66. The second-order valence-electron chi connectivity index (χ2n) is 4.76. The quantitative estimate of drug-likeness (QED) is 0.911. The lowest BCUT2D eigenvalue weighted by Gasteiger charge is -2.32. The summed E-state index contributed by atoms with van der Waals surface area (Å²) in [6.07, 6.45) is 3.67. The molecule has 3 rings (SSSR count). The molecule has 2 aromatic rings. The van der Waals surface area contributed by atoms with E-state index >= 15 is 0 Å². The van der Waals surface area contributed by atoms with Crippen LogP contribution in [0.4, 0.5) is 5.82 Å². The predicted molar refractivity (Wildman–Crippen MR) is 74.4 cm³/mol. The molecule has 0 aliphatic carbocycles. The fourth-order valence-corrected chi connectivity index (χ4v) is 2.44. The Morgan fingerprint density at radius 2 is 2.42 bits per heavy atom. The lowest BCUT2D eigenvalue weighted by atomic mass is 10.2. The van der Waals surface area contributed by atoms with Crippen molar-refractivity contribution < 1.29 is 9.15 Å². The third-order valence-corrected chi connectivity index (χ3v) is 3.55. The smallest absolute Gasteiger partial charge is 0.139 e. The third-order valence-electron chi connectivity index (χ3n) is 3.55. The number of fused-ring (bicyclic) bond motifs is 1. The summed E-state index contributed by atoms with van der Waals surface area (Å²) in [5, 5.41) is 4.38. The number of aromatic nitrogens is 1. The first-order valence-electron chi connectivity index (χ1n) is 6.77. The summed E-state index contributed by atoms with van der Waals surface area (Å²) in [5.41, 5.74) is 0.859. The number of likely N-dealkylation sites (N-methyl/N-ethyl adjacent to an activating group) is 1. The number of rotatable bonds is 4. The topological polar surface area (TPSA) is 50.5 Å². The maximum absolute atomic E-state index is 5.77. The minimum absolute atomic E-state index is 0.220. The van der Waals surface area contributed by atoms with E-state index in [1.807, 2.05) is 12.1 Å². The molecule has 102 valence electrons. The van der Waals surface area contributed by atoms with Gasteiger partial charge in [-0.2, -0.15) is 0 Å². The zero-order valence-electron chi connectivity index (χ0n) is 11.1. The van der Waals surface area contributed by atoms with Crippen LogP contribution >= 0.6 is 0 Å². The fraction of sp³-hybridized carbons (Fsp3) is 0.500. The molecule has 3 heterocycles. The number of morpholine rings is 1. The molecule has 1 atom stereocenters. The molecule has 1 aliphatic heterocycles. The van der Waals surface area contributed by atoms with Crippen molar-refractivity contribution in [2.24, 2.45) is 0 Å². The van der Waals surface area contributed by atoms with Gasteiger partial charge in [0.25, 0.3) is 0 Å². The molecular weight excluding hydrogens is 242 g/mol. The van der Waals surface area contributed by atoms with Gasteiger partial charge in [0, 0.05) is 25.8 Å². The monoisotopic (exact) mass is 261 g/mol. The van der Waals surface area contributed by atoms with Gasteiger partial charge in [0.2, 0.25) is 0 Å². The van der Waals surface area contributed by atoms with Crippen LogP contribution in [-0.4, -0.2) is 48.8 Å². The largest absolute Gasteiger partial charge is 0.464 e. The highest BCUT2D eigenvalue weighted by atomic mass is 16.5. The highest BCUT2D eigenvalue weighted by Gasteiger charge is 2.19. The van der Waals surface area contributed by atoms with Crippen molar-refractivity contribution in [3.05, 3.63) is 24.6 Å². The fourth-order valence-electron chi connectivity index (χ4n) is 2.44. The zero-order valence-corrected chi connectivity index (χ0v) is 11.1. The second kappa shape index (κ2) is 5.59. The van der Waals surface area contributed by atoms with Crippen LogP contribution in [0.3, 0.4) is 0 Å². The van der Waals surface area contributed by atoms with E-state index in [1.54, 1.807) is 12.5 Å². The average molecular weight is 261 g/mol. The Labute approximate surface area is 112 Å². The first kappa shape index (κ1) is 12.4. The van der Waals surface area contributed by atoms with Crippen LogP contribution in [0.2, 0.25) is 0 Å². The number of anilines is 1. The van der Waals surface area contributed by atoms with Crippen molar-refractivity contribution >= 4 is 16.8 Å². The van der Waals surface area contributed by atoms with E-state index in [4.69, 9.17) is 9.15 Å². The Morgan fingerprint density at radius 3 is 3.32 bits per heavy atom. The van der Waals surface area contributed by atoms with Crippen LogP contribution < -0.4 is 5.32 Å². The van der Waals surface area contributed by atoms with E-state index < -0.39 is 0 Å². The number of nitrogens with one attached hydrogen (secondary N) is 1. The van der Waals surface area contributed by atoms with Gasteiger partial charge in [-0.1, -0.05) is 6.92 Å². The molecular formula is C14H19N3O2. The lowest BCUT2D eigenvalue weighted by Crippen LogP contribution is -2.45. The summed E-state index contributed by atoms with van der Waals surface area (Å²) in [6, 6.07) is 3.81. The Hall–Kier alpha value is -1.59. The van der Waals surface area contributed by atoms with Gasteiger partial charge >= 0.3 is 0 Å². The minimum atomic E-state index is 0.220. The Bertz CT molecular complexity index is 540. The van der Waals surface area contributed by atoms with Gasteiger partial charge < -0.3 is 14.5 Å². The molecule has 0 aromatic carbocycles. The molecule has 1 fully saturated rings. The molecule has 0 saturated carbocycles. The number of nitrogens with zero attached hydrogens (tertiary/aromatic N) is 2. The summed E-state index contributed by atoms with van der Waals surface area (Å²) in [7, 11) is 0. The molecule has 1 N–H and O–H groups in total. The number of ether oxygens (including phenoxy) is 1. The molecule has 0 bridgehead atoms. The number of hydrogen-bond donors (Lipinski definition) is 1. The molecule has 0 amide bonds. The van der Waals surface area contributed by atoms with Crippen LogP contribution in [0.15, 0.2) is 29.0 Å². The van der Waals surface area contributed by atoms with Crippen LogP contribution in [0.25, 0.3) is 11.0 Å². The van der Waals surface area contributed by atoms with E-state index in [9.17, 15) is 0 Å². The van der Waals surface area contributed by atoms with Gasteiger partial charge in [-0.25, -0.2) is 4.98 Å². The molecule has 0 spiro atoms. The van der Waals surface area contributed by atoms with Crippen molar-refractivity contribution in [2.75, 3.05) is 38.1 Å². The summed E-state index contributed by atoms with van der Waals surface area (Å²) in [4.78, 5) is 6.77. The molecule has 19 heavy (non-hydrogen) atoms. The molecule has 0 radical (unpaired) electrons. The Balaban J connectivity index is 1.64. The van der Waals surface area contributed by atoms with Crippen molar-refractivity contribution in [3.8, 4) is 0 Å². The Morgan fingerprint density at radius 1 is 1.47 bits per heavy atom. The minimum Gasteiger partial charge on any atom is -0.464 e. The van der Waals surface area contributed by atoms with Crippen LogP contribution in [0.5, 0.6) is 0 Å². The van der Waals surface area contributed by atoms with Gasteiger partial charge in [-0.3, -0.25) is 4.90 Å². The lowest BCUT2D eigenvalue weighted by molar-refractivity contribution is -0.0192. The van der Waals surface area contributed by atoms with Gasteiger partial charge in [0.05, 0.1) is 24.4 Å². The summed E-state index contributed by atoms with van der Waals surface area (Å²) >= 11 is 0. The second-order valence-corrected chi connectivity index (χ2v) is 4.76. The highest BCUT2D eigenvalue weighted by Crippen LogP contribution is 2.21. The molecule has 1 aliphatic rings.